The maximum absolute atomic E-state index is 11.9. The number of nitrogens with zero attached hydrogens (tertiary/aromatic N) is 3. The van der Waals surface area contributed by atoms with Crippen LogP contribution in [0.2, 0.25) is 0 Å². The molecule has 0 unspecified atom stereocenters. The van der Waals surface area contributed by atoms with Gasteiger partial charge in [-0.25, -0.2) is 0 Å². The van der Waals surface area contributed by atoms with Crippen molar-refractivity contribution in [2.75, 3.05) is 20.1 Å². The number of hydrogen-bond acceptors (Lipinski definition) is 4. The number of nitrogens with one attached hydrogen (secondary N) is 3. The molecule has 0 radical (unpaired) electrons. The molecule has 0 bridgehead atoms. The monoisotopic (exact) mass is 376 g/mol. The molecule has 1 aliphatic heterocycles. The van der Waals surface area contributed by atoms with Gasteiger partial charge in [0.2, 0.25) is 5.91 Å². The number of H-pyrrole nitrogens is 1. The van der Waals surface area contributed by atoms with E-state index in [4.69, 9.17) is 5.41 Å². The predicted molar refractivity (Wildman–Crippen MR) is 110 cm³/mol. The summed E-state index contributed by atoms with van der Waals surface area (Å²) in [6, 6.07) is 6.18. The molecule has 1 amide bonds. The van der Waals surface area contributed by atoms with Gasteiger partial charge in [-0.1, -0.05) is 6.07 Å². The number of fused-ring (bicyclic) bond motifs is 1. The number of aryl methyl sites for hydroxylation is 1. The first-order valence-corrected chi connectivity index (χ1v) is 9.32. The van der Waals surface area contributed by atoms with E-state index in [1.54, 1.807) is 16.5 Å². The minimum atomic E-state index is 0.0400. The van der Waals surface area contributed by atoms with E-state index in [-0.39, 0.29) is 5.91 Å². The van der Waals surface area contributed by atoms with E-state index in [9.17, 15) is 4.79 Å². The lowest BCUT2D eigenvalue weighted by Crippen LogP contribution is -2.39. The minimum Gasteiger partial charge on any atom is -0.391 e. The molecular formula is C21H24N6O. The maximum atomic E-state index is 11.9. The Hall–Kier alpha value is -3.35. The summed E-state index contributed by atoms with van der Waals surface area (Å²) in [5.74, 6) is 0.0400. The normalized spacial score (nSPS) is 14.6. The van der Waals surface area contributed by atoms with Gasteiger partial charge in [-0.2, -0.15) is 5.10 Å². The van der Waals surface area contributed by atoms with Gasteiger partial charge in [0.25, 0.3) is 0 Å². The van der Waals surface area contributed by atoms with Crippen LogP contribution in [0.15, 0.2) is 48.1 Å². The molecule has 0 atom stereocenters. The summed E-state index contributed by atoms with van der Waals surface area (Å²) < 4.78 is 1.78. The van der Waals surface area contributed by atoms with E-state index >= 15 is 0 Å². The Kier molecular flexibility index (Phi) is 4.50. The van der Waals surface area contributed by atoms with Crippen LogP contribution in [0.5, 0.6) is 0 Å². The summed E-state index contributed by atoms with van der Waals surface area (Å²) in [5.41, 5.74) is 6.28. The van der Waals surface area contributed by atoms with Crippen molar-refractivity contribution in [3.63, 3.8) is 0 Å². The highest BCUT2D eigenvalue weighted by atomic mass is 16.2. The molecule has 0 saturated carbocycles. The summed E-state index contributed by atoms with van der Waals surface area (Å²) >= 11 is 0. The lowest BCUT2D eigenvalue weighted by Gasteiger charge is -2.30. The zero-order chi connectivity index (χ0) is 19.8. The molecule has 2 aromatic heterocycles. The molecule has 4 rings (SSSR count). The maximum Gasteiger partial charge on any atom is 0.219 e. The van der Waals surface area contributed by atoms with Crippen molar-refractivity contribution < 1.29 is 4.79 Å². The average Bonchev–Trinajstić information content (AvgIpc) is 3.32. The second kappa shape index (κ2) is 6.99. The van der Waals surface area contributed by atoms with Gasteiger partial charge in [0.05, 0.1) is 11.9 Å². The lowest BCUT2D eigenvalue weighted by molar-refractivity contribution is -0.128. The Balaban J connectivity index is 1.76. The summed E-state index contributed by atoms with van der Waals surface area (Å²) in [7, 11) is 3.77. The van der Waals surface area contributed by atoms with Crippen LogP contribution < -0.4 is 5.32 Å². The Morgan fingerprint density at radius 2 is 2.14 bits per heavy atom. The van der Waals surface area contributed by atoms with Crippen LogP contribution in [-0.4, -0.2) is 51.4 Å². The molecule has 144 valence electrons. The molecule has 1 aliphatic rings. The molecule has 0 aliphatic carbocycles. The molecule has 7 nitrogen and oxygen atoms in total. The van der Waals surface area contributed by atoms with Crippen molar-refractivity contribution in [2.45, 2.75) is 13.3 Å². The number of amides is 1. The van der Waals surface area contributed by atoms with E-state index in [2.05, 4.69) is 27.5 Å². The van der Waals surface area contributed by atoms with Crippen molar-refractivity contribution in [1.82, 2.24) is 25.0 Å². The standard InChI is InChI=1S/C21H24N6O/c1-13(28)27-7-6-19(23-2)18(12-27)21(22)17-10-24-20-5-4-14(8-16(17)20)15-9-25-26(3)11-15/h4-5,8-11,22-24H,6-7,12H2,1-3H3. The molecule has 28 heavy (non-hydrogen) atoms. The highest BCUT2D eigenvalue weighted by Gasteiger charge is 2.25. The average molecular weight is 376 g/mol. The van der Waals surface area contributed by atoms with E-state index in [0.29, 0.717) is 18.8 Å². The lowest BCUT2D eigenvalue weighted by atomic mass is 9.95. The highest BCUT2D eigenvalue weighted by Crippen LogP contribution is 2.29. The molecule has 3 N–H and O–H groups in total. The fraction of sp³-hybridized carbons (Fsp3) is 0.286. The van der Waals surface area contributed by atoms with Crippen molar-refractivity contribution in [3.8, 4) is 11.1 Å². The van der Waals surface area contributed by atoms with E-state index in [1.807, 2.05) is 38.8 Å². The van der Waals surface area contributed by atoms with Crippen LogP contribution in [0, 0.1) is 5.41 Å². The topological polar surface area (TPSA) is 89.8 Å². The fourth-order valence-electron chi connectivity index (χ4n) is 3.78. The van der Waals surface area contributed by atoms with Gasteiger partial charge < -0.3 is 15.2 Å². The van der Waals surface area contributed by atoms with E-state index in [0.717, 1.165) is 45.3 Å². The number of aromatic amines is 1. The first kappa shape index (κ1) is 18.0. The van der Waals surface area contributed by atoms with Crippen LogP contribution in [-0.2, 0) is 11.8 Å². The first-order valence-electron chi connectivity index (χ1n) is 9.32. The van der Waals surface area contributed by atoms with Gasteiger partial charge >= 0.3 is 0 Å². The van der Waals surface area contributed by atoms with Gasteiger partial charge in [0.15, 0.2) is 0 Å². The quantitative estimate of drug-likeness (QED) is 0.612. The molecular weight excluding hydrogens is 352 g/mol. The van der Waals surface area contributed by atoms with Crippen molar-refractivity contribution >= 4 is 22.5 Å². The summed E-state index contributed by atoms with van der Waals surface area (Å²) in [5, 5.41) is 17.4. The number of benzene rings is 1. The molecule has 0 fully saturated rings. The zero-order valence-electron chi connectivity index (χ0n) is 16.3. The molecule has 0 spiro atoms. The van der Waals surface area contributed by atoms with E-state index in [1.165, 1.54) is 0 Å². The third-order valence-electron chi connectivity index (χ3n) is 5.38. The zero-order valence-corrected chi connectivity index (χ0v) is 16.3. The number of hydrogen-bond donors (Lipinski definition) is 3. The SMILES string of the molecule is CNC1=C(C(=N)c2c[nH]c3ccc(-c4cnn(C)c4)cc23)CN(C(C)=O)CC1. The Morgan fingerprint density at radius 3 is 2.82 bits per heavy atom. The number of aromatic nitrogens is 3. The summed E-state index contributed by atoms with van der Waals surface area (Å²) in [6.07, 6.45) is 6.43. The molecule has 3 aromatic rings. The molecule has 3 heterocycles. The van der Waals surface area contributed by atoms with Crippen LogP contribution >= 0.6 is 0 Å². The highest BCUT2D eigenvalue weighted by molar-refractivity contribution is 6.18. The third-order valence-corrected chi connectivity index (χ3v) is 5.38. The Morgan fingerprint density at radius 1 is 1.32 bits per heavy atom. The van der Waals surface area contributed by atoms with Gasteiger partial charge in [0.1, 0.15) is 0 Å². The van der Waals surface area contributed by atoms with Crippen molar-refractivity contribution in [1.29, 1.82) is 5.41 Å². The van der Waals surface area contributed by atoms with Crippen LogP contribution in [0.25, 0.3) is 22.0 Å². The fourth-order valence-corrected chi connectivity index (χ4v) is 3.78. The van der Waals surface area contributed by atoms with Gasteiger partial charge in [0, 0.05) is 86.2 Å². The number of carbonyl (C=O) groups is 1. The van der Waals surface area contributed by atoms with Crippen molar-refractivity contribution in [2.24, 2.45) is 7.05 Å². The van der Waals surface area contributed by atoms with Gasteiger partial charge in [-0.15, -0.1) is 0 Å². The van der Waals surface area contributed by atoms with Crippen LogP contribution in [0.1, 0.15) is 18.9 Å². The third kappa shape index (κ3) is 3.09. The summed E-state index contributed by atoms with van der Waals surface area (Å²) in [6.45, 7) is 2.72. The second-order valence-corrected chi connectivity index (χ2v) is 7.14. The summed E-state index contributed by atoms with van der Waals surface area (Å²) in [4.78, 5) is 16.9. The molecule has 1 aromatic carbocycles. The smallest absolute Gasteiger partial charge is 0.219 e. The molecule has 7 heteroatoms. The first-order chi connectivity index (χ1) is 13.5. The largest absolute Gasteiger partial charge is 0.391 e. The van der Waals surface area contributed by atoms with Crippen LogP contribution in [0.3, 0.4) is 0 Å². The minimum absolute atomic E-state index is 0.0400. The Bertz CT molecular complexity index is 1100. The second-order valence-electron chi connectivity index (χ2n) is 7.14. The number of carbonyl (C=O) groups excluding carboxylic acids is 1. The van der Waals surface area contributed by atoms with Gasteiger partial charge in [-0.3, -0.25) is 14.9 Å². The molecule has 0 saturated heterocycles. The van der Waals surface area contributed by atoms with Crippen LogP contribution in [0.4, 0.5) is 0 Å². The number of rotatable bonds is 4. The van der Waals surface area contributed by atoms with Crippen molar-refractivity contribution in [3.05, 3.63) is 53.6 Å². The Labute approximate surface area is 163 Å². The van der Waals surface area contributed by atoms with Gasteiger partial charge in [-0.05, 0) is 17.7 Å². The van der Waals surface area contributed by atoms with E-state index < -0.39 is 0 Å². The predicted octanol–water partition coefficient (Wildman–Crippen LogP) is 2.66.